The van der Waals surface area contributed by atoms with Gasteiger partial charge in [-0.1, -0.05) is 41.9 Å². The summed E-state index contributed by atoms with van der Waals surface area (Å²) in [7, 11) is 1.84. The van der Waals surface area contributed by atoms with Gasteiger partial charge >= 0.3 is 0 Å². The van der Waals surface area contributed by atoms with Crippen molar-refractivity contribution in [3.63, 3.8) is 0 Å². The number of hydrogen-bond acceptors (Lipinski definition) is 2. The number of carbonyl (C=O) groups is 1. The van der Waals surface area contributed by atoms with Crippen molar-refractivity contribution in [1.29, 1.82) is 0 Å². The van der Waals surface area contributed by atoms with Crippen LogP contribution in [0.25, 0.3) is 16.8 Å². The van der Waals surface area contributed by atoms with Gasteiger partial charge in [0, 0.05) is 41.3 Å². The molecular weight excluding hydrogens is 424 g/mol. The molecule has 164 valence electrons. The van der Waals surface area contributed by atoms with Gasteiger partial charge in [0.1, 0.15) is 0 Å². The molecule has 0 aliphatic heterocycles. The largest absolute Gasteiger partial charge is 0.366 e. The van der Waals surface area contributed by atoms with Gasteiger partial charge in [0.05, 0.1) is 16.8 Å². The van der Waals surface area contributed by atoms with Crippen LogP contribution >= 0.6 is 11.6 Å². The number of nitrogens with two attached hydrogens (primary N) is 1. The summed E-state index contributed by atoms with van der Waals surface area (Å²) < 4.78 is 5.43. The molecule has 2 heterocycles. The van der Waals surface area contributed by atoms with Crippen molar-refractivity contribution < 1.29 is 4.79 Å². The van der Waals surface area contributed by atoms with E-state index in [1.54, 1.807) is 9.36 Å². The van der Waals surface area contributed by atoms with Gasteiger partial charge in [-0.15, -0.1) is 0 Å². The number of rotatable bonds is 5. The van der Waals surface area contributed by atoms with Crippen molar-refractivity contribution in [3.8, 4) is 16.8 Å². The summed E-state index contributed by atoms with van der Waals surface area (Å²) in [6, 6.07) is 17.0. The van der Waals surface area contributed by atoms with E-state index in [4.69, 9.17) is 17.3 Å². The minimum Gasteiger partial charge on any atom is -0.366 e. The number of hydrogen-bond donors (Lipinski definition) is 1. The molecule has 0 radical (unpaired) electrons. The third-order valence-electron chi connectivity index (χ3n) is 6.06. The highest BCUT2D eigenvalue weighted by Crippen LogP contribution is 2.33. The van der Waals surface area contributed by atoms with E-state index in [1.807, 2.05) is 87.0 Å². The summed E-state index contributed by atoms with van der Waals surface area (Å²) in [6.45, 7) is 6.16. The second-order valence-electron chi connectivity index (χ2n) is 7.94. The van der Waals surface area contributed by atoms with Gasteiger partial charge in [-0.3, -0.25) is 14.3 Å². The molecule has 0 aliphatic rings. The fourth-order valence-corrected chi connectivity index (χ4v) is 4.61. The number of primary amides is 1. The number of halogens is 1. The Hall–Kier alpha value is -3.51. The van der Waals surface area contributed by atoms with Crippen LogP contribution in [0.5, 0.6) is 0 Å². The maximum Gasteiger partial charge on any atom is 0.279 e. The van der Waals surface area contributed by atoms with Crippen LogP contribution in [0.4, 0.5) is 0 Å². The summed E-state index contributed by atoms with van der Waals surface area (Å²) in [6.07, 6.45) is 0. The summed E-state index contributed by atoms with van der Waals surface area (Å²) in [5, 5.41) is 0.643. The Morgan fingerprint density at radius 3 is 2.25 bits per heavy atom. The van der Waals surface area contributed by atoms with Crippen LogP contribution in [0.15, 0.2) is 59.4 Å². The second kappa shape index (κ2) is 8.20. The first-order chi connectivity index (χ1) is 15.2. The average molecular weight is 449 g/mol. The Bertz CT molecular complexity index is 1390. The zero-order valence-corrected chi connectivity index (χ0v) is 19.3. The molecule has 0 fully saturated rings. The standard InChI is InChI=1S/C25H25ClN4O2/c1-15-23(25(32)30(28(15)4)20-11-6-5-7-12-20)21-16(2)29(17(3)22(21)24(27)31)14-18-9-8-10-19(26)13-18/h5-13H,14H2,1-4H3,(H2,27,31). The Kier molecular flexibility index (Phi) is 5.57. The highest BCUT2D eigenvalue weighted by atomic mass is 35.5. The molecule has 0 atom stereocenters. The van der Waals surface area contributed by atoms with Gasteiger partial charge in [-0.05, 0) is 50.6 Å². The van der Waals surface area contributed by atoms with Crippen LogP contribution in [0.1, 0.15) is 33.0 Å². The molecule has 0 saturated heterocycles. The molecular formula is C25H25ClN4O2. The Morgan fingerprint density at radius 1 is 0.938 bits per heavy atom. The fourth-order valence-electron chi connectivity index (χ4n) is 4.40. The summed E-state index contributed by atoms with van der Waals surface area (Å²) in [4.78, 5) is 26.2. The topological polar surface area (TPSA) is 75.0 Å². The van der Waals surface area contributed by atoms with E-state index < -0.39 is 5.91 Å². The highest BCUT2D eigenvalue weighted by molar-refractivity contribution is 6.30. The number of amides is 1. The van der Waals surface area contributed by atoms with Crippen molar-refractivity contribution in [2.24, 2.45) is 12.8 Å². The van der Waals surface area contributed by atoms with Gasteiger partial charge in [0.15, 0.2) is 0 Å². The summed E-state index contributed by atoms with van der Waals surface area (Å²) in [5.74, 6) is -0.556. The van der Waals surface area contributed by atoms with Crippen molar-refractivity contribution >= 4 is 17.5 Å². The molecule has 6 nitrogen and oxygen atoms in total. The van der Waals surface area contributed by atoms with Crippen LogP contribution in [0.3, 0.4) is 0 Å². The van der Waals surface area contributed by atoms with Gasteiger partial charge < -0.3 is 10.3 Å². The van der Waals surface area contributed by atoms with Crippen molar-refractivity contribution in [1.82, 2.24) is 13.9 Å². The quantitative estimate of drug-likeness (QED) is 0.492. The minimum absolute atomic E-state index is 0.193. The van der Waals surface area contributed by atoms with E-state index in [0.29, 0.717) is 28.3 Å². The monoisotopic (exact) mass is 448 g/mol. The molecule has 4 aromatic rings. The molecule has 2 N–H and O–H groups in total. The maximum absolute atomic E-state index is 13.6. The van der Waals surface area contributed by atoms with Crippen LogP contribution in [-0.2, 0) is 13.6 Å². The molecule has 0 saturated carbocycles. The lowest BCUT2D eigenvalue weighted by molar-refractivity contribution is 0.1000. The third kappa shape index (κ3) is 3.46. The summed E-state index contributed by atoms with van der Waals surface area (Å²) in [5.41, 5.74) is 11.1. The highest BCUT2D eigenvalue weighted by Gasteiger charge is 2.28. The molecule has 4 rings (SSSR count). The molecule has 1 amide bonds. The average Bonchev–Trinajstić information content (AvgIpc) is 3.12. The van der Waals surface area contributed by atoms with E-state index in [9.17, 15) is 9.59 Å². The van der Waals surface area contributed by atoms with Gasteiger partial charge in [-0.25, -0.2) is 4.68 Å². The molecule has 7 heteroatoms. The lowest BCUT2D eigenvalue weighted by Crippen LogP contribution is -2.20. The zero-order chi connectivity index (χ0) is 23.2. The van der Waals surface area contributed by atoms with Crippen molar-refractivity contribution in [2.75, 3.05) is 0 Å². The Labute approximate surface area is 191 Å². The van der Waals surface area contributed by atoms with E-state index >= 15 is 0 Å². The first-order valence-electron chi connectivity index (χ1n) is 10.3. The van der Waals surface area contributed by atoms with E-state index in [-0.39, 0.29) is 5.56 Å². The molecule has 0 unspecified atom stereocenters. The molecule has 2 aromatic carbocycles. The second-order valence-corrected chi connectivity index (χ2v) is 8.37. The number of para-hydroxylation sites is 1. The molecule has 0 aliphatic carbocycles. The maximum atomic E-state index is 13.6. The molecule has 32 heavy (non-hydrogen) atoms. The van der Waals surface area contributed by atoms with E-state index in [0.717, 1.165) is 28.3 Å². The smallest absolute Gasteiger partial charge is 0.279 e. The van der Waals surface area contributed by atoms with Crippen LogP contribution < -0.4 is 11.3 Å². The molecule has 0 spiro atoms. The first-order valence-corrected chi connectivity index (χ1v) is 10.7. The molecule has 0 bridgehead atoms. The summed E-state index contributed by atoms with van der Waals surface area (Å²) >= 11 is 6.16. The van der Waals surface area contributed by atoms with Crippen molar-refractivity contribution in [2.45, 2.75) is 27.3 Å². The van der Waals surface area contributed by atoms with E-state index in [2.05, 4.69) is 0 Å². The van der Waals surface area contributed by atoms with Gasteiger partial charge in [0.25, 0.3) is 11.5 Å². The van der Waals surface area contributed by atoms with Crippen LogP contribution in [-0.4, -0.2) is 19.8 Å². The number of nitrogens with zero attached hydrogens (tertiary/aromatic N) is 3. The van der Waals surface area contributed by atoms with E-state index in [1.165, 1.54) is 0 Å². The number of benzene rings is 2. The van der Waals surface area contributed by atoms with Gasteiger partial charge in [0.2, 0.25) is 0 Å². The third-order valence-corrected chi connectivity index (χ3v) is 6.30. The Morgan fingerprint density at radius 2 is 1.62 bits per heavy atom. The van der Waals surface area contributed by atoms with Crippen molar-refractivity contribution in [3.05, 3.63) is 98.2 Å². The van der Waals surface area contributed by atoms with Crippen LogP contribution in [0.2, 0.25) is 5.02 Å². The lowest BCUT2D eigenvalue weighted by Gasteiger charge is -2.10. The predicted molar refractivity (Wildman–Crippen MR) is 128 cm³/mol. The Balaban J connectivity index is 1.97. The van der Waals surface area contributed by atoms with Gasteiger partial charge in [-0.2, -0.15) is 0 Å². The normalized spacial score (nSPS) is 11.2. The number of aromatic nitrogens is 3. The lowest BCUT2D eigenvalue weighted by atomic mass is 10.0. The first kappa shape index (κ1) is 21.7. The molecule has 2 aromatic heterocycles. The minimum atomic E-state index is -0.556. The predicted octanol–water partition coefficient (Wildman–Crippen LogP) is 4.37. The number of carbonyl (C=O) groups excluding carboxylic acids is 1. The van der Waals surface area contributed by atoms with Crippen LogP contribution in [0, 0.1) is 20.8 Å². The fraction of sp³-hybridized carbons (Fsp3) is 0.200. The SMILES string of the molecule is Cc1c(C(N)=O)c(-c2c(C)n(C)n(-c3ccccc3)c2=O)c(C)n1Cc1cccc(Cl)c1. The zero-order valence-electron chi connectivity index (χ0n) is 18.5.